The molecule has 3 heteroatoms. The Balaban J connectivity index is 2.24. The fraction of sp³-hybridized carbons (Fsp3) is 0.929. The average Bonchev–Trinajstić information content (AvgIpc) is 2.62. The van der Waals surface area contributed by atoms with Gasteiger partial charge in [0.1, 0.15) is 0 Å². The van der Waals surface area contributed by atoms with Crippen LogP contribution in [0.4, 0.5) is 0 Å². The fourth-order valence-corrected chi connectivity index (χ4v) is 3.70. The van der Waals surface area contributed by atoms with Crippen molar-refractivity contribution in [3.8, 4) is 0 Å². The summed E-state index contributed by atoms with van der Waals surface area (Å²) in [6.45, 7) is 14.3. The Bertz CT molecular complexity index is 337. The zero-order chi connectivity index (χ0) is 13.2. The highest BCUT2D eigenvalue weighted by Gasteiger charge is 2.67. The van der Waals surface area contributed by atoms with Crippen LogP contribution in [-0.4, -0.2) is 34.1 Å². The van der Waals surface area contributed by atoms with Crippen LogP contribution >= 0.6 is 0 Å². The summed E-state index contributed by atoms with van der Waals surface area (Å²) in [6.07, 6.45) is 0. The number of hydrogen-bond donors (Lipinski definition) is 1. The molecule has 1 heterocycles. The van der Waals surface area contributed by atoms with Gasteiger partial charge in [-0.05, 0) is 38.0 Å². The van der Waals surface area contributed by atoms with Gasteiger partial charge in [-0.3, -0.25) is 9.69 Å². The maximum absolute atomic E-state index is 11.2. The van der Waals surface area contributed by atoms with Crippen molar-refractivity contribution < 1.29 is 9.90 Å². The number of nitrogens with zero attached hydrogens (tertiary/aromatic N) is 1. The van der Waals surface area contributed by atoms with E-state index in [1.165, 1.54) is 0 Å². The molecule has 0 aromatic rings. The van der Waals surface area contributed by atoms with E-state index < -0.39 is 5.97 Å². The van der Waals surface area contributed by atoms with Crippen LogP contribution in [0.1, 0.15) is 41.5 Å². The molecule has 3 nitrogen and oxygen atoms in total. The summed E-state index contributed by atoms with van der Waals surface area (Å²) in [5.41, 5.74) is 0.283. The van der Waals surface area contributed by atoms with Crippen LogP contribution in [0.15, 0.2) is 0 Å². The number of carbonyl (C=O) groups is 1. The van der Waals surface area contributed by atoms with Crippen molar-refractivity contribution in [2.75, 3.05) is 6.54 Å². The molecule has 1 saturated heterocycles. The van der Waals surface area contributed by atoms with Gasteiger partial charge in [0, 0.05) is 18.1 Å². The highest BCUT2D eigenvalue weighted by molar-refractivity contribution is 5.75. The molecule has 17 heavy (non-hydrogen) atoms. The predicted molar refractivity (Wildman–Crippen MR) is 67.8 cm³/mol. The van der Waals surface area contributed by atoms with Crippen LogP contribution in [-0.2, 0) is 4.79 Å². The molecule has 0 spiro atoms. The summed E-state index contributed by atoms with van der Waals surface area (Å²) in [5, 5.41) is 9.21. The standard InChI is InChI=1S/C14H25NO2/c1-13(2,3)11-9-8(10(9)12(16)17)7-15(11)14(4,5)6/h8-11H,7H2,1-6H3,(H,16,17)/t8-,9+,10?,11?/m1/s1. The molecule has 1 N–H and O–H groups in total. The Morgan fingerprint density at radius 1 is 1.18 bits per heavy atom. The van der Waals surface area contributed by atoms with Gasteiger partial charge in [-0.25, -0.2) is 0 Å². The van der Waals surface area contributed by atoms with E-state index in [2.05, 4.69) is 46.4 Å². The van der Waals surface area contributed by atoms with Gasteiger partial charge < -0.3 is 5.11 Å². The molecule has 0 aromatic carbocycles. The van der Waals surface area contributed by atoms with Gasteiger partial charge in [-0.1, -0.05) is 20.8 Å². The SMILES string of the molecule is CC(C)(C)C1[C@@H]2C(C(=O)O)[C@@H]2CN1C(C)(C)C. The molecule has 0 amide bonds. The van der Waals surface area contributed by atoms with Crippen LogP contribution in [0.25, 0.3) is 0 Å². The Morgan fingerprint density at radius 3 is 2.06 bits per heavy atom. The van der Waals surface area contributed by atoms with Gasteiger partial charge in [0.05, 0.1) is 5.92 Å². The van der Waals surface area contributed by atoms with E-state index in [4.69, 9.17) is 0 Å². The zero-order valence-electron chi connectivity index (χ0n) is 11.8. The van der Waals surface area contributed by atoms with Crippen molar-refractivity contribution in [2.24, 2.45) is 23.2 Å². The Hall–Kier alpha value is -0.570. The number of carboxylic acid groups (broad SMARTS) is 1. The van der Waals surface area contributed by atoms with Gasteiger partial charge in [0.2, 0.25) is 0 Å². The van der Waals surface area contributed by atoms with Crippen molar-refractivity contribution >= 4 is 5.97 Å². The lowest BCUT2D eigenvalue weighted by Gasteiger charge is -2.45. The summed E-state index contributed by atoms with van der Waals surface area (Å²) in [7, 11) is 0. The Kier molecular flexibility index (Phi) is 2.63. The molecule has 0 radical (unpaired) electrons. The second kappa shape index (κ2) is 3.47. The predicted octanol–water partition coefficient (Wildman–Crippen LogP) is 2.46. The summed E-state index contributed by atoms with van der Waals surface area (Å²) in [5.74, 6) is 0.0725. The number of fused-ring (bicyclic) bond motifs is 1. The molecule has 1 saturated carbocycles. The minimum atomic E-state index is -0.595. The smallest absolute Gasteiger partial charge is 0.307 e. The molecule has 0 aromatic heterocycles. The maximum atomic E-state index is 11.2. The van der Waals surface area contributed by atoms with E-state index in [1.807, 2.05) is 0 Å². The molecule has 2 rings (SSSR count). The largest absolute Gasteiger partial charge is 0.481 e. The molecular formula is C14H25NO2. The van der Waals surface area contributed by atoms with E-state index in [1.54, 1.807) is 0 Å². The van der Waals surface area contributed by atoms with E-state index in [-0.39, 0.29) is 16.9 Å². The van der Waals surface area contributed by atoms with Crippen molar-refractivity contribution in [2.45, 2.75) is 53.1 Å². The molecule has 1 aliphatic carbocycles. The van der Waals surface area contributed by atoms with Crippen LogP contribution in [0.2, 0.25) is 0 Å². The van der Waals surface area contributed by atoms with Gasteiger partial charge in [-0.2, -0.15) is 0 Å². The van der Waals surface area contributed by atoms with E-state index in [0.29, 0.717) is 17.9 Å². The number of likely N-dealkylation sites (tertiary alicyclic amines) is 1. The second-order valence-corrected chi connectivity index (χ2v) is 7.74. The summed E-state index contributed by atoms with van der Waals surface area (Å²) in [4.78, 5) is 13.7. The highest BCUT2D eigenvalue weighted by atomic mass is 16.4. The number of hydrogen-bond acceptors (Lipinski definition) is 2. The fourth-order valence-electron chi connectivity index (χ4n) is 3.70. The number of carboxylic acids is 1. The molecule has 0 bridgehead atoms. The minimum Gasteiger partial charge on any atom is -0.481 e. The summed E-state index contributed by atoms with van der Waals surface area (Å²) >= 11 is 0. The average molecular weight is 239 g/mol. The van der Waals surface area contributed by atoms with Gasteiger partial charge in [0.15, 0.2) is 0 Å². The molecular weight excluding hydrogens is 214 g/mol. The number of aliphatic carboxylic acids is 1. The monoisotopic (exact) mass is 239 g/mol. The lowest BCUT2D eigenvalue weighted by molar-refractivity contribution is -0.140. The third-order valence-electron chi connectivity index (χ3n) is 4.37. The number of rotatable bonds is 1. The van der Waals surface area contributed by atoms with Crippen molar-refractivity contribution in [1.82, 2.24) is 4.90 Å². The zero-order valence-corrected chi connectivity index (χ0v) is 11.8. The van der Waals surface area contributed by atoms with Gasteiger partial charge >= 0.3 is 5.97 Å². The van der Waals surface area contributed by atoms with Crippen LogP contribution in [0.5, 0.6) is 0 Å². The Labute approximate surface area is 104 Å². The summed E-state index contributed by atoms with van der Waals surface area (Å²) in [6, 6.07) is 0.397. The topological polar surface area (TPSA) is 40.5 Å². The molecule has 2 fully saturated rings. The van der Waals surface area contributed by atoms with Crippen LogP contribution in [0, 0.1) is 23.2 Å². The van der Waals surface area contributed by atoms with E-state index in [0.717, 1.165) is 6.54 Å². The first-order chi connectivity index (χ1) is 7.55. The van der Waals surface area contributed by atoms with Gasteiger partial charge in [-0.15, -0.1) is 0 Å². The van der Waals surface area contributed by atoms with E-state index >= 15 is 0 Å². The highest BCUT2D eigenvalue weighted by Crippen LogP contribution is 2.60. The third kappa shape index (κ3) is 1.99. The van der Waals surface area contributed by atoms with Crippen molar-refractivity contribution in [3.05, 3.63) is 0 Å². The lowest BCUT2D eigenvalue weighted by atomic mass is 9.81. The first-order valence-corrected chi connectivity index (χ1v) is 6.54. The van der Waals surface area contributed by atoms with Gasteiger partial charge in [0.25, 0.3) is 0 Å². The van der Waals surface area contributed by atoms with Crippen molar-refractivity contribution in [1.29, 1.82) is 0 Å². The molecule has 4 atom stereocenters. The lowest BCUT2D eigenvalue weighted by Crippen LogP contribution is -2.52. The normalized spacial score (nSPS) is 38.0. The maximum Gasteiger partial charge on any atom is 0.307 e. The molecule has 1 aliphatic heterocycles. The molecule has 2 unspecified atom stereocenters. The van der Waals surface area contributed by atoms with Crippen LogP contribution < -0.4 is 0 Å². The second-order valence-electron chi connectivity index (χ2n) is 7.74. The molecule has 98 valence electrons. The first kappa shape index (κ1) is 12.9. The minimum absolute atomic E-state index is 0.0853. The summed E-state index contributed by atoms with van der Waals surface area (Å²) < 4.78 is 0. The van der Waals surface area contributed by atoms with Crippen molar-refractivity contribution in [3.63, 3.8) is 0 Å². The third-order valence-corrected chi connectivity index (χ3v) is 4.37. The quantitative estimate of drug-likeness (QED) is 0.764. The van der Waals surface area contributed by atoms with Crippen LogP contribution in [0.3, 0.4) is 0 Å². The van der Waals surface area contributed by atoms with E-state index in [9.17, 15) is 9.90 Å². The molecule has 2 aliphatic rings. The first-order valence-electron chi connectivity index (χ1n) is 6.54. The Morgan fingerprint density at radius 2 is 1.71 bits per heavy atom. The number of piperidine rings is 1.